The summed E-state index contributed by atoms with van der Waals surface area (Å²) in [7, 11) is 2.48. The molecule has 1 aliphatic heterocycles. The summed E-state index contributed by atoms with van der Waals surface area (Å²) < 4.78 is 11.9. The van der Waals surface area contributed by atoms with Crippen molar-refractivity contribution in [1.29, 1.82) is 0 Å². The molecule has 2 heterocycles. The summed E-state index contributed by atoms with van der Waals surface area (Å²) in [5, 5.41) is 0. The third-order valence-corrected chi connectivity index (χ3v) is 6.30. The van der Waals surface area contributed by atoms with E-state index in [4.69, 9.17) is 15.2 Å². The average molecular weight is 449 g/mol. The van der Waals surface area contributed by atoms with E-state index in [1.807, 2.05) is 36.4 Å². The second-order valence-corrected chi connectivity index (χ2v) is 8.04. The number of carbonyl (C=O) groups is 2. The summed E-state index contributed by atoms with van der Waals surface area (Å²) in [5.74, 6) is -2.30. The molecule has 8 heteroatoms. The smallest absolute Gasteiger partial charge is 0.338 e. The third-order valence-electron chi connectivity index (χ3n) is 5.19. The maximum atomic E-state index is 13.3. The lowest BCUT2D eigenvalue weighted by molar-refractivity contribution is -0.136. The van der Waals surface area contributed by atoms with E-state index in [0.29, 0.717) is 14.8 Å². The van der Waals surface area contributed by atoms with Gasteiger partial charge in [0.2, 0.25) is 0 Å². The molecule has 0 amide bonds. The van der Waals surface area contributed by atoms with Crippen LogP contribution in [0.3, 0.4) is 0 Å². The van der Waals surface area contributed by atoms with Crippen LogP contribution in [0.1, 0.15) is 17.0 Å². The number of hydrogen-bond donors (Lipinski definition) is 1. The van der Waals surface area contributed by atoms with Crippen LogP contribution in [-0.4, -0.2) is 30.7 Å². The summed E-state index contributed by atoms with van der Waals surface area (Å²) in [4.78, 5) is 39.0. The molecule has 0 saturated heterocycles. The van der Waals surface area contributed by atoms with Crippen LogP contribution >= 0.6 is 11.3 Å². The largest absolute Gasteiger partial charge is 0.466 e. The molecule has 1 aromatic heterocycles. The molecule has 0 aliphatic carbocycles. The Hall–Kier alpha value is -3.91. The lowest BCUT2D eigenvalue weighted by Gasteiger charge is -2.26. The number of methoxy groups -OCH3 is 2. The van der Waals surface area contributed by atoms with Gasteiger partial charge in [-0.1, -0.05) is 60.7 Å². The van der Waals surface area contributed by atoms with Crippen molar-refractivity contribution < 1.29 is 19.1 Å². The van der Waals surface area contributed by atoms with Gasteiger partial charge in [0.25, 0.3) is 5.56 Å². The van der Waals surface area contributed by atoms with E-state index < -0.39 is 23.4 Å². The van der Waals surface area contributed by atoms with Gasteiger partial charge in [0.15, 0.2) is 0 Å². The van der Waals surface area contributed by atoms with Gasteiger partial charge in [-0.3, -0.25) is 9.36 Å². The van der Waals surface area contributed by atoms with Crippen molar-refractivity contribution in [3.63, 3.8) is 0 Å². The van der Waals surface area contributed by atoms with Crippen molar-refractivity contribution in [3.05, 3.63) is 96.9 Å². The van der Waals surface area contributed by atoms with Gasteiger partial charge in [-0.05, 0) is 17.2 Å². The molecule has 32 heavy (non-hydrogen) atoms. The van der Waals surface area contributed by atoms with E-state index in [0.717, 1.165) is 16.9 Å². The minimum absolute atomic E-state index is 0.0118. The summed E-state index contributed by atoms with van der Waals surface area (Å²) in [6.07, 6.45) is 1.72. The third kappa shape index (κ3) is 3.54. The average Bonchev–Trinajstić information content (AvgIpc) is 3.15. The molecule has 0 radical (unpaired) electrons. The molecule has 1 unspecified atom stereocenters. The van der Waals surface area contributed by atoms with Crippen LogP contribution in [0, 0.1) is 0 Å². The molecule has 3 aromatic rings. The van der Waals surface area contributed by atoms with Gasteiger partial charge in [-0.2, -0.15) is 0 Å². The second-order valence-electron chi connectivity index (χ2n) is 7.01. The Bertz CT molecular complexity index is 1400. The van der Waals surface area contributed by atoms with E-state index in [2.05, 4.69) is 0 Å². The lowest BCUT2D eigenvalue weighted by atomic mass is 9.83. The van der Waals surface area contributed by atoms with Crippen LogP contribution < -0.4 is 20.5 Å². The number of carbonyl (C=O) groups excluding carboxylic acids is 2. The number of nitrogens with zero attached hydrogens (tertiary/aromatic N) is 1. The van der Waals surface area contributed by atoms with E-state index >= 15 is 0 Å². The van der Waals surface area contributed by atoms with E-state index in [1.165, 1.54) is 18.8 Å². The number of ether oxygens (including phenoxy) is 2. The molecule has 4 rings (SSSR count). The Morgan fingerprint density at radius 2 is 1.50 bits per heavy atom. The number of nitrogens with two attached hydrogens (primary N) is 1. The van der Waals surface area contributed by atoms with Gasteiger partial charge in [-0.25, -0.2) is 9.59 Å². The molecule has 1 atom stereocenters. The maximum Gasteiger partial charge on any atom is 0.338 e. The Morgan fingerprint density at radius 1 is 0.938 bits per heavy atom. The van der Waals surface area contributed by atoms with Crippen molar-refractivity contribution in [3.8, 4) is 0 Å². The highest BCUT2D eigenvalue weighted by Gasteiger charge is 2.39. The van der Waals surface area contributed by atoms with E-state index in [-0.39, 0.29) is 17.0 Å². The molecule has 2 N–H and O–H groups in total. The highest BCUT2D eigenvalue weighted by atomic mass is 32.1. The van der Waals surface area contributed by atoms with E-state index in [9.17, 15) is 14.4 Å². The predicted octanol–water partition coefficient (Wildman–Crippen LogP) is 1.16. The summed E-state index contributed by atoms with van der Waals surface area (Å²) in [6, 6.07) is 18.3. The fourth-order valence-corrected chi connectivity index (χ4v) is 4.91. The summed E-state index contributed by atoms with van der Waals surface area (Å²) in [5.41, 5.74) is 7.58. The Kier molecular flexibility index (Phi) is 5.79. The monoisotopic (exact) mass is 448 g/mol. The molecule has 7 nitrogen and oxygen atoms in total. The van der Waals surface area contributed by atoms with Crippen LogP contribution in [-0.2, 0) is 19.1 Å². The molecular weight excluding hydrogens is 428 g/mol. The second kappa shape index (κ2) is 8.68. The van der Waals surface area contributed by atoms with Gasteiger partial charge < -0.3 is 15.2 Å². The van der Waals surface area contributed by atoms with Crippen molar-refractivity contribution in [2.45, 2.75) is 5.92 Å². The number of fused-ring (bicyclic) bond motifs is 1. The Balaban J connectivity index is 2.14. The minimum atomic E-state index is -0.848. The number of thiazole rings is 1. The van der Waals surface area contributed by atoms with Gasteiger partial charge in [0.05, 0.1) is 35.8 Å². The van der Waals surface area contributed by atoms with Crippen LogP contribution in [0.5, 0.6) is 0 Å². The molecule has 0 bridgehead atoms. The summed E-state index contributed by atoms with van der Waals surface area (Å²) in [6.45, 7) is 0. The first kappa shape index (κ1) is 21.3. The van der Waals surface area contributed by atoms with Crippen molar-refractivity contribution in [2.75, 3.05) is 14.2 Å². The molecule has 0 fully saturated rings. The normalized spacial score (nSPS) is 16.0. The zero-order valence-corrected chi connectivity index (χ0v) is 18.2. The number of rotatable bonds is 4. The van der Waals surface area contributed by atoms with Crippen molar-refractivity contribution in [1.82, 2.24) is 4.57 Å². The van der Waals surface area contributed by atoms with Crippen molar-refractivity contribution in [2.24, 2.45) is 5.73 Å². The van der Waals surface area contributed by atoms with E-state index in [1.54, 1.807) is 30.3 Å². The standard InChI is InChI=1S/C24H20N2O5S/c1-30-23(28)18-17(15-11-7-4-8-12-15)19(24(29)31-2)22-26(20(18)25)21(27)16(32-22)13-14-9-5-3-6-10-14/h3-13,17H,25H2,1-2H3/b16-13+. The van der Waals surface area contributed by atoms with Gasteiger partial charge in [-0.15, -0.1) is 11.3 Å². The zero-order chi connectivity index (χ0) is 22.8. The Morgan fingerprint density at radius 3 is 2.09 bits per heavy atom. The van der Waals surface area contributed by atoms with Crippen LogP contribution in [0.4, 0.5) is 0 Å². The molecular formula is C24H20N2O5S. The first-order chi connectivity index (χ1) is 15.5. The fraction of sp³-hybridized carbons (Fsp3) is 0.125. The van der Waals surface area contributed by atoms with Crippen LogP contribution in [0.2, 0.25) is 0 Å². The quantitative estimate of drug-likeness (QED) is 0.602. The topological polar surface area (TPSA) is 101 Å². The molecule has 1 aliphatic rings. The predicted molar refractivity (Wildman–Crippen MR) is 122 cm³/mol. The SMILES string of the molecule is COC(=O)C1=C(N)n2c(s/c(=C/c3ccccc3)c2=O)=C(C(=O)OC)C1c1ccccc1. The lowest BCUT2D eigenvalue weighted by Crippen LogP contribution is -2.41. The summed E-state index contributed by atoms with van der Waals surface area (Å²) >= 11 is 1.12. The van der Waals surface area contributed by atoms with Gasteiger partial charge in [0, 0.05) is 0 Å². The van der Waals surface area contributed by atoms with Crippen LogP contribution in [0.25, 0.3) is 17.5 Å². The molecule has 0 spiro atoms. The number of benzene rings is 2. The number of hydrogen-bond acceptors (Lipinski definition) is 7. The maximum absolute atomic E-state index is 13.3. The minimum Gasteiger partial charge on any atom is -0.466 e. The molecule has 2 aromatic carbocycles. The fourth-order valence-electron chi connectivity index (χ4n) is 3.74. The Labute approximate surface area is 187 Å². The first-order valence-electron chi connectivity index (χ1n) is 9.72. The number of esters is 2. The van der Waals surface area contributed by atoms with Crippen molar-refractivity contribution >= 4 is 40.7 Å². The molecule has 162 valence electrons. The molecule has 0 saturated carbocycles. The van der Waals surface area contributed by atoms with Crippen LogP contribution in [0.15, 0.2) is 71.0 Å². The number of aromatic nitrogens is 1. The van der Waals surface area contributed by atoms with Gasteiger partial charge >= 0.3 is 11.9 Å². The van der Waals surface area contributed by atoms with Gasteiger partial charge in [0.1, 0.15) is 10.5 Å². The highest BCUT2D eigenvalue weighted by molar-refractivity contribution is 7.07. The first-order valence-corrected chi connectivity index (χ1v) is 10.5. The zero-order valence-electron chi connectivity index (χ0n) is 17.4. The highest BCUT2D eigenvalue weighted by Crippen LogP contribution is 2.37.